The highest BCUT2D eigenvalue weighted by atomic mass is 79.9. The fourth-order valence-corrected chi connectivity index (χ4v) is 2.37. The Labute approximate surface area is 157 Å². The Kier molecular flexibility index (Phi) is 6.90. The summed E-state index contributed by atoms with van der Waals surface area (Å²) in [4.78, 5) is 23.5. The van der Waals surface area contributed by atoms with Crippen molar-refractivity contribution in [1.82, 2.24) is 5.32 Å². The first-order valence-corrected chi connectivity index (χ1v) is 8.39. The van der Waals surface area contributed by atoms with E-state index in [1.807, 2.05) is 6.07 Å². The van der Waals surface area contributed by atoms with Gasteiger partial charge in [0.2, 0.25) is 5.91 Å². The highest BCUT2D eigenvalue weighted by Crippen LogP contribution is 2.26. The fourth-order valence-electron chi connectivity index (χ4n) is 1.70. The van der Waals surface area contributed by atoms with Crippen molar-refractivity contribution in [1.29, 1.82) is 0 Å². The van der Waals surface area contributed by atoms with Crippen molar-refractivity contribution in [3.8, 4) is 5.75 Å². The Morgan fingerprint density at radius 2 is 1.79 bits per heavy atom. The Balaban J connectivity index is 1.75. The molecule has 0 radical (unpaired) electrons. The number of anilines is 1. The second-order valence-electron chi connectivity index (χ2n) is 4.67. The number of amides is 2. The minimum absolute atomic E-state index is 0.162. The van der Waals surface area contributed by atoms with Crippen molar-refractivity contribution in [2.24, 2.45) is 0 Å². The summed E-state index contributed by atoms with van der Waals surface area (Å²) >= 11 is 15.0. The molecule has 0 spiro atoms. The average molecular weight is 432 g/mol. The Hall–Kier alpha value is -1.76. The first-order valence-electron chi connectivity index (χ1n) is 6.84. The van der Waals surface area contributed by atoms with Crippen molar-refractivity contribution in [3.63, 3.8) is 0 Å². The molecule has 2 aromatic carbocycles. The third kappa shape index (κ3) is 5.70. The molecule has 0 fully saturated rings. The van der Waals surface area contributed by atoms with Crippen molar-refractivity contribution >= 4 is 56.6 Å². The zero-order chi connectivity index (χ0) is 17.5. The zero-order valence-electron chi connectivity index (χ0n) is 12.3. The number of para-hydroxylation sites is 1. The van der Waals surface area contributed by atoms with Gasteiger partial charge in [0.25, 0.3) is 5.91 Å². The average Bonchev–Trinajstić information content (AvgIpc) is 2.56. The van der Waals surface area contributed by atoms with Crippen LogP contribution in [0.25, 0.3) is 0 Å². The topological polar surface area (TPSA) is 67.4 Å². The number of hydrogen-bond acceptors (Lipinski definition) is 3. The van der Waals surface area contributed by atoms with Gasteiger partial charge in [0.1, 0.15) is 5.75 Å². The van der Waals surface area contributed by atoms with E-state index in [-0.39, 0.29) is 19.1 Å². The Morgan fingerprint density at radius 1 is 1.04 bits per heavy atom. The molecule has 5 nitrogen and oxygen atoms in total. The molecular weight excluding hydrogens is 419 g/mol. The standard InChI is InChI=1S/C16H13BrCl2N2O3/c17-11-3-1-2-4-14(11)21-15(22)8-20-16(23)9-24-10-5-6-12(18)13(19)7-10/h1-7H,8-9H2,(H,20,23)(H,21,22). The molecule has 0 heterocycles. The lowest BCUT2D eigenvalue weighted by atomic mass is 10.3. The van der Waals surface area contributed by atoms with Crippen molar-refractivity contribution in [2.45, 2.75) is 0 Å². The van der Waals surface area contributed by atoms with E-state index in [0.29, 0.717) is 21.5 Å². The molecule has 126 valence electrons. The van der Waals surface area contributed by atoms with Crippen LogP contribution in [0.1, 0.15) is 0 Å². The lowest BCUT2D eigenvalue weighted by molar-refractivity contribution is -0.125. The molecule has 0 aliphatic rings. The van der Waals surface area contributed by atoms with E-state index in [0.717, 1.165) is 4.47 Å². The Morgan fingerprint density at radius 3 is 2.50 bits per heavy atom. The minimum Gasteiger partial charge on any atom is -0.484 e. The van der Waals surface area contributed by atoms with Crippen LogP contribution in [-0.2, 0) is 9.59 Å². The molecule has 0 atom stereocenters. The third-order valence-electron chi connectivity index (χ3n) is 2.86. The van der Waals surface area contributed by atoms with Gasteiger partial charge in [-0.05, 0) is 40.2 Å². The third-order valence-corrected chi connectivity index (χ3v) is 4.29. The van der Waals surface area contributed by atoms with Crippen molar-refractivity contribution < 1.29 is 14.3 Å². The predicted molar refractivity (Wildman–Crippen MR) is 97.7 cm³/mol. The molecule has 2 amide bonds. The molecule has 2 rings (SSSR count). The van der Waals surface area contributed by atoms with Gasteiger partial charge >= 0.3 is 0 Å². The highest BCUT2D eigenvalue weighted by molar-refractivity contribution is 9.10. The van der Waals surface area contributed by atoms with Crippen LogP contribution in [0, 0.1) is 0 Å². The smallest absolute Gasteiger partial charge is 0.258 e. The summed E-state index contributed by atoms with van der Waals surface area (Å²) in [6.45, 7) is -0.398. The quantitative estimate of drug-likeness (QED) is 0.728. The maximum absolute atomic E-state index is 11.8. The van der Waals surface area contributed by atoms with Gasteiger partial charge in [-0.2, -0.15) is 0 Å². The van der Waals surface area contributed by atoms with Crippen LogP contribution in [0.5, 0.6) is 5.75 Å². The van der Waals surface area contributed by atoms with Gasteiger partial charge in [0.15, 0.2) is 6.61 Å². The van der Waals surface area contributed by atoms with Crippen LogP contribution in [0.15, 0.2) is 46.9 Å². The van der Waals surface area contributed by atoms with Crippen LogP contribution in [-0.4, -0.2) is 25.0 Å². The van der Waals surface area contributed by atoms with Gasteiger partial charge in [0, 0.05) is 10.5 Å². The molecule has 8 heteroatoms. The van der Waals surface area contributed by atoms with Crippen LogP contribution >= 0.6 is 39.1 Å². The molecule has 0 saturated carbocycles. The largest absolute Gasteiger partial charge is 0.484 e. The van der Waals surface area contributed by atoms with Crippen LogP contribution < -0.4 is 15.4 Å². The second kappa shape index (κ2) is 8.92. The molecule has 24 heavy (non-hydrogen) atoms. The molecule has 2 N–H and O–H groups in total. The van der Waals surface area contributed by atoms with Gasteiger partial charge in [-0.25, -0.2) is 0 Å². The van der Waals surface area contributed by atoms with Crippen LogP contribution in [0.2, 0.25) is 10.0 Å². The summed E-state index contributed by atoms with van der Waals surface area (Å²) in [5.74, 6) is -0.356. The molecule has 0 unspecified atom stereocenters. The van der Waals surface area contributed by atoms with E-state index < -0.39 is 5.91 Å². The van der Waals surface area contributed by atoms with E-state index in [2.05, 4.69) is 26.6 Å². The molecule has 2 aromatic rings. The van der Waals surface area contributed by atoms with E-state index >= 15 is 0 Å². The summed E-state index contributed by atoms with van der Waals surface area (Å²) < 4.78 is 6.04. The maximum Gasteiger partial charge on any atom is 0.258 e. The molecule has 0 bridgehead atoms. The van der Waals surface area contributed by atoms with Gasteiger partial charge in [-0.3, -0.25) is 9.59 Å². The fraction of sp³-hybridized carbons (Fsp3) is 0.125. The van der Waals surface area contributed by atoms with Gasteiger partial charge in [-0.15, -0.1) is 0 Å². The number of benzene rings is 2. The van der Waals surface area contributed by atoms with E-state index in [1.165, 1.54) is 6.07 Å². The molecule has 0 aromatic heterocycles. The summed E-state index contributed by atoms with van der Waals surface area (Å²) in [5, 5.41) is 5.88. The first-order chi connectivity index (χ1) is 11.5. The number of carbonyl (C=O) groups excluding carboxylic acids is 2. The monoisotopic (exact) mass is 430 g/mol. The van der Waals surface area contributed by atoms with Gasteiger partial charge < -0.3 is 15.4 Å². The molecule has 0 aliphatic heterocycles. The normalized spacial score (nSPS) is 10.1. The van der Waals surface area contributed by atoms with Crippen LogP contribution in [0.3, 0.4) is 0 Å². The lowest BCUT2D eigenvalue weighted by Gasteiger charge is -2.09. The molecule has 0 aliphatic carbocycles. The van der Waals surface area contributed by atoms with E-state index in [4.69, 9.17) is 27.9 Å². The summed E-state index contributed by atoms with van der Waals surface area (Å²) in [7, 11) is 0. The number of hydrogen-bond donors (Lipinski definition) is 2. The Bertz CT molecular complexity index is 756. The van der Waals surface area contributed by atoms with E-state index in [9.17, 15) is 9.59 Å². The number of ether oxygens (including phenoxy) is 1. The SMILES string of the molecule is O=C(COc1ccc(Cl)c(Cl)c1)NCC(=O)Nc1ccccc1Br. The summed E-state index contributed by atoms with van der Waals surface area (Å²) in [6.07, 6.45) is 0. The minimum atomic E-state index is -0.427. The predicted octanol–water partition coefficient (Wildman–Crippen LogP) is 3.89. The van der Waals surface area contributed by atoms with Gasteiger partial charge in [0.05, 0.1) is 22.3 Å². The van der Waals surface area contributed by atoms with Gasteiger partial charge in [-0.1, -0.05) is 35.3 Å². The van der Waals surface area contributed by atoms with E-state index in [1.54, 1.807) is 30.3 Å². The summed E-state index contributed by atoms with van der Waals surface area (Å²) in [6, 6.07) is 11.9. The van der Waals surface area contributed by atoms with Crippen LogP contribution in [0.4, 0.5) is 5.69 Å². The summed E-state index contributed by atoms with van der Waals surface area (Å²) in [5.41, 5.74) is 0.629. The van der Waals surface area contributed by atoms with Crippen molar-refractivity contribution in [3.05, 3.63) is 57.0 Å². The number of nitrogens with one attached hydrogen (secondary N) is 2. The maximum atomic E-state index is 11.8. The number of halogens is 3. The molecule has 0 saturated heterocycles. The lowest BCUT2D eigenvalue weighted by Crippen LogP contribution is -2.35. The van der Waals surface area contributed by atoms with Crippen molar-refractivity contribution in [2.75, 3.05) is 18.5 Å². The number of rotatable bonds is 6. The highest BCUT2D eigenvalue weighted by Gasteiger charge is 2.09. The zero-order valence-corrected chi connectivity index (χ0v) is 15.4. The molecular formula is C16H13BrCl2N2O3. The number of carbonyl (C=O) groups is 2. The second-order valence-corrected chi connectivity index (χ2v) is 6.34. The first kappa shape index (κ1) is 18.6.